The van der Waals surface area contributed by atoms with Crippen LogP contribution in [0.25, 0.3) is 0 Å². The number of nitriles is 1. The molecule has 18 heavy (non-hydrogen) atoms. The highest BCUT2D eigenvalue weighted by atomic mass is 79.9. The molecule has 5 nitrogen and oxygen atoms in total. The van der Waals surface area contributed by atoms with Crippen molar-refractivity contribution in [2.75, 3.05) is 5.32 Å². The quantitative estimate of drug-likeness (QED) is 0.843. The third-order valence-corrected chi connectivity index (χ3v) is 2.86. The monoisotopic (exact) mass is 311 g/mol. The van der Waals surface area contributed by atoms with Gasteiger partial charge in [0.2, 0.25) is 0 Å². The summed E-state index contributed by atoms with van der Waals surface area (Å²) in [5, 5.41) is 20.9. The summed E-state index contributed by atoms with van der Waals surface area (Å²) in [4.78, 5) is 15.1. The van der Waals surface area contributed by atoms with Gasteiger partial charge in [-0.2, -0.15) is 5.26 Å². The Hall–Kier alpha value is -1.61. The molecular formula is C12H14BrN3O2. The number of rotatable bonds is 6. The number of carboxylic acids is 1. The Morgan fingerprint density at radius 1 is 1.72 bits per heavy atom. The van der Waals surface area contributed by atoms with Crippen molar-refractivity contribution < 1.29 is 9.90 Å². The molecule has 0 aromatic carbocycles. The lowest BCUT2D eigenvalue weighted by molar-refractivity contribution is -0.138. The minimum absolute atomic E-state index is 0.309. The molecule has 0 aliphatic rings. The molecule has 1 aromatic rings. The van der Waals surface area contributed by atoms with Crippen molar-refractivity contribution in [3.05, 3.63) is 22.3 Å². The molecular weight excluding hydrogens is 298 g/mol. The maximum absolute atomic E-state index is 11.1. The number of aromatic nitrogens is 1. The predicted molar refractivity (Wildman–Crippen MR) is 71.2 cm³/mol. The SMILES string of the molecule is CCCCC(Nc1ncc(Br)cc1C#N)C(=O)O. The van der Waals surface area contributed by atoms with Gasteiger partial charge in [0.1, 0.15) is 17.9 Å². The first-order chi connectivity index (χ1) is 8.58. The van der Waals surface area contributed by atoms with Crippen LogP contribution >= 0.6 is 15.9 Å². The second-order valence-corrected chi connectivity index (χ2v) is 4.75. The topological polar surface area (TPSA) is 86.0 Å². The highest BCUT2D eigenvalue weighted by Gasteiger charge is 2.18. The number of nitrogens with zero attached hydrogens (tertiary/aromatic N) is 2. The van der Waals surface area contributed by atoms with Crippen LogP contribution in [-0.4, -0.2) is 22.1 Å². The summed E-state index contributed by atoms with van der Waals surface area (Å²) >= 11 is 3.22. The van der Waals surface area contributed by atoms with Crippen LogP contribution in [0.4, 0.5) is 5.82 Å². The van der Waals surface area contributed by atoms with Gasteiger partial charge in [-0.15, -0.1) is 0 Å². The molecule has 0 bridgehead atoms. The Morgan fingerprint density at radius 3 is 3.00 bits per heavy atom. The third kappa shape index (κ3) is 4.00. The van der Waals surface area contributed by atoms with E-state index in [-0.39, 0.29) is 0 Å². The van der Waals surface area contributed by atoms with Gasteiger partial charge in [0.05, 0.1) is 5.56 Å². The molecule has 6 heteroatoms. The normalized spacial score (nSPS) is 11.6. The average Bonchev–Trinajstić information content (AvgIpc) is 2.35. The zero-order valence-corrected chi connectivity index (χ0v) is 11.6. The van der Waals surface area contributed by atoms with E-state index in [9.17, 15) is 4.79 Å². The highest BCUT2D eigenvalue weighted by molar-refractivity contribution is 9.10. The fourth-order valence-electron chi connectivity index (χ4n) is 1.47. The number of nitrogens with one attached hydrogen (secondary N) is 1. The number of pyridine rings is 1. The van der Waals surface area contributed by atoms with Crippen molar-refractivity contribution >= 4 is 27.7 Å². The van der Waals surface area contributed by atoms with Crippen LogP contribution in [0, 0.1) is 11.3 Å². The first-order valence-electron chi connectivity index (χ1n) is 5.63. The fraction of sp³-hybridized carbons (Fsp3) is 0.417. The molecule has 1 atom stereocenters. The van der Waals surface area contributed by atoms with Gasteiger partial charge in [-0.3, -0.25) is 0 Å². The Morgan fingerprint density at radius 2 is 2.44 bits per heavy atom. The van der Waals surface area contributed by atoms with E-state index in [1.165, 1.54) is 6.20 Å². The Bertz CT molecular complexity index is 471. The van der Waals surface area contributed by atoms with Crippen molar-refractivity contribution in [1.82, 2.24) is 4.98 Å². The number of anilines is 1. The molecule has 96 valence electrons. The minimum atomic E-state index is -0.933. The van der Waals surface area contributed by atoms with Crippen LogP contribution in [0.2, 0.25) is 0 Å². The maximum atomic E-state index is 11.1. The largest absolute Gasteiger partial charge is 0.480 e. The lowest BCUT2D eigenvalue weighted by atomic mass is 10.1. The van der Waals surface area contributed by atoms with E-state index in [1.807, 2.05) is 13.0 Å². The predicted octanol–water partition coefficient (Wildman–Crippen LogP) is 2.77. The molecule has 0 aliphatic heterocycles. The summed E-state index contributed by atoms with van der Waals surface area (Å²) in [6, 6.07) is 2.88. The van der Waals surface area contributed by atoms with Gasteiger partial charge in [-0.25, -0.2) is 9.78 Å². The summed E-state index contributed by atoms with van der Waals surface area (Å²) in [7, 11) is 0. The number of hydrogen-bond acceptors (Lipinski definition) is 4. The lowest BCUT2D eigenvalue weighted by Crippen LogP contribution is -2.29. The van der Waals surface area contributed by atoms with Crippen LogP contribution in [-0.2, 0) is 4.79 Å². The molecule has 0 saturated heterocycles. The first-order valence-corrected chi connectivity index (χ1v) is 6.42. The van der Waals surface area contributed by atoms with E-state index in [1.54, 1.807) is 6.07 Å². The molecule has 0 radical (unpaired) electrons. The number of carboxylic acid groups (broad SMARTS) is 1. The number of halogens is 1. The molecule has 1 unspecified atom stereocenters. The standard InChI is InChI=1S/C12H14BrN3O2/c1-2-3-4-10(12(17)18)16-11-8(6-14)5-9(13)7-15-11/h5,7,10H,2-4H2,1H3,(H,15,16)(H,17,18). The van der Waals surface area contributed by atoms with Crippen molar-refractivity contribution in [3.63, 3.8) is 0 Å². The summed E-state index contributed by atoms with van der Waals surface area (Å²) in [6.45, 7) is 2.00. The molecule has 0 saturated carbocycles. The summed E-state index contributed by atoms with van der Waals surface area (Å²) in [6.07, 6.45) is 3.77. The summed E-state index contributed by atoms with van der Waals surface area (Å²) in [5.74, 6) is -0.624. The van der Waals surface area contributed by atoms with Crippen LogP contribution in [0.3, 0.4) is 0 Å². The zero-order chi connectivity index (χ0) is 13.5. The van der Waals surface area contributed by atoms with Crippen LogP contribution in [0.5, 0.6) is 0 Å². The van der Waals surface area contributed by atoms with Crippen molar-refractivity contribution in [1.29, 1.82) is 5.26 Å². The van der Waals surface area contributed by atoms with Gasteiger partial charge in [0, 0.05) is 10.7 Å². The van der Waals surface area contributed by atoms with Crippen molar-refractivity contribution in [2.45, 2.75) is 32.2 Å². The fourth-order valence-corrected chi connectivity index (χ4v) is 1.80. The Labute approximate surface area is 114 Å². The van der Waals surface area contributed by atoms with Crippen LogP contribution in [0.1, 0.15) is 31.7 Å². The minimum Gasteiger partial charge on any atom is -0.480 e. The average molecular weight is 312 g/mol. The van der Waals surface area contributed by atoms with E-state index in [0.29, 0.717) is 22.3 Å². The highest BCUT2D eigenvalue weighted by Crippen LogP contribution is 2.18. The lowest BCUT2D eigenvalue weighted by Gasteiger charge is -2.15. The van der Waals surface area contributed by atoms with Crippen molar-refractivity contribution in [3.8, 4) is 6.07 Å². The van der Waals surface area contributed by atoms with E-state index in [0.717, 1.165) is 12.8 Å². The van der Waals surface area contributed by atoms with Gasteiger partial charge in [0.25, 0.3) is 0 Å². The summed E-state index contributed by atoms with van der Waals surface area (Å²) in [5.41, 5.74) is 0.326. The third-order valence-electron chi connectivity index (χ3n) is 2.43. The smallest absolute Gasteiger partial charge is 0.326 e. The first kappa shape index (κ1) is 14.5. The molecule has 0 aliphatic carbocycles. The maximum Gasteiger partial charge on any atom is 0.326 e. The Kier molecular flexibility index (Phi) is 5.59. The number of unbranched alkanes of at least 4 members (excludes halogenated alkanes) is 1. The van der Waals surface area contributed by atoms with Gasteiger partial charge in [-0.1, -0.05) is 19.8 Å². The molecule has 0 spiro atoms. The number of carbonyl (C=O) groups is 1. The molecule has 0 amide bonds. The Balaban J connectivity index is 2.87. The second-order valence-electron chi connectivity index (χ2n) is 3.84. The number of aliphatic carboxylic acids is 1. The van der Waals surface area contributed by atoms with Gasteiger partial charge < -0.3 is 10.4 Å². The van der Waals surface area contributed by atoms with E-state index in [4.69, 9.17) is 10.4 Å². The van der Waals surface area contributed by atoms with E-state index < -0.39 is 12.0 Å². The second kappa shape index (κ2) is 6.97. The zero-order valence-electron chi connectivity index (χ0n) is 9.98. The van der Waals surface area contributed by atoms with Crippen molar-refractivity contribution in [2.24, 2.45) is 0 Å². The van der Waals surface area contributed by atoms with Gasteiger partial charge in [-0.05, 0) is 28.4 Å². The van der Waals surface area contributed by atoms with E-state index in [2.05, 4.69) is 26.2 Å². The van der Waals surface area contributed by atoms with E-state index >= 15 is 0 Å². The van der Waals surface area contributed by atoms with Crippen LogP contribution < -0.4 is 5.32 Å². The molecule has 1 heterocycles. The van der Waals surface area contributed by atoms with Gasteiger partial charge in [0.15, 0.2) is 0 Å². The molecule has 1 aromatic heterocycles. The van der Waals surface area contributed by atoms with Gasteiger partial charge >= 0.3 is 5.97 Å². The summed E-state index contributed by atoms with van der Waals surface area (Å²) < 4.78 is 0.685. The molecule has 1 rings (SSSR count). The number of hydrogen-bond donors (Lipinski definition) is 2. The van der Waals surface area contributed by atoms with Crippen LogP contribution in [0.15, 0.2) is 16.7 Å². The molecule has 0 fully saturated rings. The molecule has 2 N–H and O–H groups in total.